The number of hydrogen-bond acceptors (Lipinski definition) is 1. The molecule has 4 heteroatoms. The van der Waals surface area contributed by atoms with Crippen molar-refractivity contribution in [1.29, 1.82) is 0 Å². The highest BCUT2D eigenvalue weighted by atomic mass is 35.5. The van der Waals surface area contributed by atoms with Crippen molar-refractivity contribution in [3.63, 3.8) is 0 Å². The first kappa shape index (κ1) is 11.2. The number of fused-ring (bicyclic) bond motifs is 1. The Labute approximate surface area is 108 Å². The fraction of sp³-hybridized carbons (Fsp3) is 0.0714. The largest absolute Gasteiger partial charge is 0.338 e. The lowest BCUT2D eigenvalue weighted by atomic mass is 10.2. The molecule has 3 aromatic rings. The fourth-order valence-corrected chi connectivity index (χ4v) is 2.07. The molecular formula is C14H10ClFN2. The number of H-pyrrole nitrogens is 1. The van der Waals surface area contributed by atoms with Crippen LogP contribution >= 0.6 is 11.6 Å². The molecule has 0 aliphatic carbocycles. The molecule has 1 N–H and O–H groups in total. The maximum absolute atomic E-state index is 13.2. The zero-order valence-corrected chi connectivity index (χ0v) is 10.4. The molecule has 0 spiro atoms. The summed E-state index contributed by atoms with van der Waals surface area (Å²) in [6, 6.07) is 10.1. The first-order valence-electron chi connectivity index (χ1n) is 5.55. The van der Waals surface area contributed by atoms with E-state index in [1.165, 1.54) is 12.1 Å². The van der Waals surface area contributed by atoms with Crippen molar-refractivity contribution >= 4 is 22.6 Å². The van der Waals surface area contributed by atoms with Gasteiger partial charge in [0.25, 0.3) is 0 Å². The van der Waals surface area contributed by atoms with E-state index in [-0.39, 0.29) is 5.82 Å². The van der Waals surface area contributed by atoms with Gasteiger partial charge in [-0.1, -0.05) is 23.7 Å². The van der Waals surface area contributed by atoms with Gasteiger partial charge in [0.15, 0.2) is 0 Å². The summed E-state index contributed by atoms with van der Waals surface area (Å²) < 4.78 is 13.2. The maximum Gasteiger partial charge on any atom is 0.138 e. The molecule has 0 amide bonds. The van der Waals surface area contributed by atoms with Gasteiger partial charge in [0, 0.05) is 10.6 Å². The van der Waals surface area contributed by atoms with Gasteiger partial charge in [-0.2, -0.15) is 0 Å². The zero-order chi connectivity index (χ0) is 12.7. The molecule has 18 heavy (non-hydrogen) atoms. The van der Waals surface area contributed by atoms with Gasteiger partial charge < -0.3 is 4.98 Å². The summed E-state index contributed by atoms with van der Waals surface area (Å²) in [7, 11) is 0. The van der Waals surface area contributed by atoms with Crippen LogP contribution < -0.4 is 0 Å². The molecule has 0 aliphatic heterocycles. The van der Waals surface area contributed by atoms with E-state index in [0.717, 1.165) is 22.2 Å². The van der Waals surface area contributed by atoms with Crippen LogP contribution in [0.4, 0.5) is 4.39 Å². The number of aryl methyl sites for hydroxylation is 1. The minimum absolute atomic E-state index is 0.276. The van der Waals surface area contributed by atoms with Crippen molar-refractivity contribution in [1.82, 2.24) is 9.97 Å². The van der Waals surface area contributed by atoms with Crippen LogP contribution in [0.1, 0.15) is 5.56 Å². The lowest BCUT2D eigenvalue weighted by molar-refractivity contribution is 0.628. The average Bonchev–Trinajstić information content (AvgIpc) is 2.73. The van der Waals surface area contributed by atoms with Crippen molar-refractivity contribution in [3.8, 4) is 11.4 Å². The van der Waals surface area contributed by atoms with Gasteiger partial charge in [-0.25, -0.2) is 9.37 Å². The molecule has 0 atom stereocenters. The number of rotatable bonds is 1. The monoisotopic (exact) mass is 260 g/mol. The van der Waals surface area contributed by atoms with Crippen LogP contribution in [0, 0.1) is 12.7 Å². The van der Waals surface area contributed by atoms with Crippen LogP contribution in [0.5, 0.6) is 0 Å². The number of nitrogens with zero attached hydrogens (tertiary/aromatic N) is 1. The summed E-state index contributed by atoms with van der Waals surface area (Å²) in [6.45, 7) is 1.93. The van der Waals surface area contributed by atoms with Gasteiger partial charge >= 0.3 is 0 Å². The molecule has 0 aliphatic rings. The zero-order valence-electron chi connectivity index (χ0n) is 9.67. The third-order valence-corrected chi connectivity index (χ3v) is 3.27. The number of aromatic amines is 1. The van der Waals surface area contributed by atoms with E-state index in [9.17, 15) is 4.39 Å². The first-order chi connectivity index (χ1) is 8.63. The molecule has 1 heterocycles. The maximum atomic E-state index is 13.2. The Morgan fingerprint density at radius 1 is 1.22 bits per heavy atom. The number of benzene rings is 2. The lowest BCUT2D eigenvalue weighted by Crippen LogP contribution is -1.81. The number of halogens is 2. The van der Waals surface area contributed by atoms with Crippen LogP contribution in [0.25, 0.3) is 22.4 Å². The SMILES string of the molecule is Cc1cc2[nH]c(-c3cccc(F)c3)nc2cc1Cl. The molecule has 0 bridgehead atoms. The average molecular weight is 261 g/mol. The smallest absolute Gasteiger partial charge is 0.138 e. The van der Waals surface area contributed by atoms with Crippen LogP contribution in [-0.2, 0) is 0 Å². The summed E-state index contributed by atoms with van der Waals surface area (Å²) in [4.78, 5) is 7.59. The summed E-state index contributed by atoms with van der Waals surface area (Å²) >= 11 is 6.05. The molecule has 0 fully saturated rings. The molecule has 0 radical (unpaired) electrons. The highest BCUT2D eigenvalue weighted by Gasteiger charge is 2.07. The number of nitrogens with one attached hydrogen (secondary N) is 1. The van der Waals surface area contributed by atoms with Crippen molar-refractivity contribution in [2.75, 3.05) is 0 Å². The number of imidazole rings is 1. The third-order valence-electron chi connectivity index (χ3n) is 2.86. The molecule has 3 rings (SSSR count). The van der Waals surface area contributed by atoms with Crippen molar-refractivity contribution < 1.29 is 4.39 Å². The predicted molar refractivity (Wildman–Crippen MR) is 71.2 cm³/mol. The molecule has 2 nitrogen and oxygen atoms in total. The van der Waals surface area contributed by atoms with Crippen molar-refractivity contribution in [2.24, 2.45) is 0 Å². The molecule has 90 valence electrons. The van der Waals surface area contributed by atoms with E-state index in [4.69, 9.17) is 11.6 Å². The summed E-state index contributed by atoms with van der Waals surface area (Å²) in [6.07, 6.45) is 0. The van der Waals surface area contributed by atoms with Crippen LogP contribution in [0.2, 0.25) is 5.02 Å². The molecule has 0 unspecified atom stereocenters. The van der Waals surface area contributed by atoms with E-state index in [0.29, 0.717) is 10.8 Å². The first-order valence-corrected chi connectivity index (χ1v) is 5.93. The molecule has 2 aromatic carbocycles. The molecular weight excluding hydrogens is 251 g/mol. The Hall–Kier alpha value is -1.87. The Morgan fingerprint density at radius 2 is 2.06 bits per heavy atom. The fourth-order valence-electron chi connectivity index (χ4n) is 1.91. The van der Waals surface area contributed by atoms with Crippen LogP contribution in [0.15, 0.2) is 36.4 Å². The minimum atomic E-state index is -0.276. The van der Waals surface area contributed by atoms with Gasteiger partial charge in [-0.05, 0) is 36.8 Å². The molecule has 0 saturated carbocycles. The lowest BCUT2D eigenvalue weighted by Gasteiger charge is -1.95. The van der Waals surface area contributed by atoms with Crippen molar-refractivity contribution in [2.45, 2.75) is 6.92 Å². The third kappa shape index (κ3) is 1.87. The van der Waals surface area contributed by atoms with Gasteiger partial charge in [0.2, 0.25) is 0 Å². The van der Waals surface area contributed by atoms with E-state index in [1.807, 2.05) is 25.1 Å². The summed E-state index contributed by atoms with van der Waals surface area (Å²) in [5.74, 6) is 0.369. The Bertz CT molecular complexity index is 695. The summed E-state index contributed by atoms with van der Waals surface area (Å²) in [5, 5.41) is 0.680. The van der Waals surface area contributed by atoms with E-state index in [2.05, 4.69) is 9.97 Å². The second-order valence-corrected chi connectivity index (χ2v) is 4.62. The standard InChI is InChI=1S/C14H10ClFN2/c1-8-5-12-13(7-11(8)15)18-14(17-12)9-3-2-4-10(16)6-9/h2-7H,1H3,(H,17,18). The number of aromatic nitrogens is 2. The normalized spacial score (nSPS) is 11.1. The van der Waals surface area contributed by atoms with Gasteiger partial charge in [0.05, 0.1) is 11.0 Å². The summed E-state index contributed by atoms with van der Waals surface area (Å²) in [5.41, 5.74) is 3.39. The van der Waals surface area contributed by atoms with Crippen LogP contribution in [0.3, 0.4) is 0 Å². The van der Waals surface area contributed by atoms with Gasteiger partial charge in [-0.3, -0.25) is 0 Å². The Morgan fingerprint density at radius 3 is 2.83 bits per heavy atom. The second-order valence-electron chi connectivity index (χ2n) is 4.21. The predicted octanol–water partition coefficient (Wildman–Crippen LogP) is 4.33. The molecule has 1 aromatic heterocycles. The second kappa shape index (κ2) is 4.10. The number of hydrogen-bond donors (Lipinski definition) is 1. The van der Waals surface area contributed by atoms with E-state index in [1.54, 1.807) is 6.07 Å². The van der Waals surface area contributed by atoms with Crippen LogP contribution in [-0.4, -0.2) is 9.97 Å². The van der Waals surface area contributed by atoms with E-state index >= 15 is 0 Å². The van der Waals surface area contributed by atoms with Gasteiger partial charge in [-0.15, -0.1) is 0 Å². The van der Waals surface area contributed by atoms with Crippen molar-refractivity contribution in [3.05, 3.63) is 52.8 Å². The highest BCUT2D eigenvalue weighted by Crippen LogP contribution is 2.25. The Kier molecular flexibility index (Phi) is 2.56. The minimum Gasteiger partial charge on any atom is -0.338 e. The van der Waals surface area contributed by atoms with Gasteiger partial charge in [0.1, 0.15) is 11.6 Å². The highest BCUT2D eigenvalue weighted by molar-refractivity contribution is 6.32. The Balaban J connectivity index is 2.19. The quantitative estimate of drug-likeness (QED) is 0.693. The topological polar surface area (TPSA) is 28.7 Å². The molecule has 0 saturated heterocycles. The van der Waals surface area contributed by atoms with E-state index < -0.39 is 0 Å².